The number of sulfonamides is 1. The molecule has 0 unspecified atom stereocenters. The number of primary sulfonamides is 1. The molecule has 1 aromatic carbocycles. The van der Waals surface area contributed by atoms with Crippen molar-refractivity contribution >= 4 is 53.5 Å². The van der Waals surface area contributed by atoms with Crippen LogP contribution < -0.4 is 9.88 Å². The number of hydrogen-bond donors (Lipinski definition) is 1. The first-order chi connectivity index (χ1) is 8.25. The van der Waals surface area contributed by atoms with Crippen molar-refractivity contribution in [3.63, 3.8) is 0 Å². The summed E-state index contributed by atoms with van der Waals surface area (Å²) in [6.45, 7) is 2.11. The minimum atomic E-state index is -3.75. The average Bonchev–Trinajstić information content (AvgIpc) is 2.26. The van der Waals surface area contributed by atoms with Crippen LogP contribution in [0.3, 0.4) is 0 Å². The highest BCUT2D eigenvalue weighted by Gasteiger charge is 2.15. The van der Waals surface area contributed by atoms with Crippen LogP contribution in [0, 0.1) is 0 Å². The molecule has 0 aliphatic carbocycles. The zero-order chi connectivity index (χ0) is 13.9. The quantitative estimate of drug-likeness (QED) is 0.813. The molecule has 0 aromatic heterocycles. The summed E-state index contributed by atoms with van der Waals surface area (Å²) >= 11 is 12.0. The van der Waals surface area contributed by atoms with E-state index in [9.17, 15) is 8.42 Å². The van der Waals surface area contributed by atoms with Crippen LogP contribution in [0.25, 0.3) is 0 Å². The molecule has 18 heavy (non-hydrogen) atoms. The van der Waals surface area contributed by atoms with E-state index in [-0.39, 0.29) is 4.90 Å². The molecule has 0 atom stereocenters. The summed E-state index contributed by atoms with van der Waals surface area (Å²) in [5, 5.41) is 5.05. The van der Waals surface area contributed by atoms with Gasteiger partial charge in [-0.3, -0.25) is 0 Å². The van der Waals surface area contributed by atoms with Crippen molar-refractivity contribution in [3.8, 4) is 5.75 Å². The second-order valence-electron chi connectivity index (χ2n) is 3.51. The molecule has 4 nitrogen and oxygen atoms in total. The van der Waals surface area contributed by atoms with Gasteiger partial charge in [-0.05, 0) is 56.5 Å². The van der Waals surface area contributed by atoms with Crippen molar-refractivity contribution in [1.29, 1.82) is 0 Å². The molecule has 0 amide bonds. The minimum Gasteiger partial charge on any atom is -0.487 e. The van der Waals surface area contributed by atoms with Crippen LogP contribution in [0.2, 0.25) is 0 Å². The Labute approximate surface area is 127 Å². The Balaban J connectivity index is 3.10. The molecule has 0 bridgehead atoms. The van der Waals surface area contributed by atoms with Crippen LogP contribution >= 0.6 is 43.5 Å². The minimum absolute atomic E-state index is 0.00166. The van der Waals surface area contributed by atoms with Crippen LogP contribution in [0.15, 0.2) is 37.1 Å². The summed E-state index contributed by atoms with van der Waals surface area (Å²) in [6, 6.07) is 2.77. The van der Waals surface area contributed by atoms with E-state index in [1.165, 1.54) is 17.7 Å². The highest BCUT2D eigenvalue weighted by atomic mass is 79.9. The van der Waals surface area contributed by atoms with E-state index in [0.717, 1.165) is 5.57 Å². The van der Waals surface area contributed by atoms with Gasteiger partial charge >= 0.3 is 0 Å². The molecular formula is C10H10Br2ClNO3S. The largest absolute Gasteiger partial charge is 0.487 e. The summed E-state index contributed by atoms with van der Waals surface area (Å²) < 4.78 is 28.9. The normalized spacial score (nSPS) is 12.6. The first-order valence-electron chi connectivity index (χ1n) is 4.66. The maximum atomic E-state index is 11.2. The van der Waals surface area contributed by atoms with E-state index < -0.39 is 10.0 Å². The van der Waals surface area contributed by atoms with Crippen molar-refractivity contribution in [2.45, 2.75) is 11.8 Å². The third-order valence-electron chi connectivity index (χ3n) is 1.93. The summed E-state index contributed by atoms with van der Waals surface area (Å²) in [6.07, 6.45) is 0. The molecule has 8 heteroatoms. The van der Waals surface area contributed by atoms with Gasteiger partial charge in [0.05, 0.1) is 13.8 Å². The molecule has 0 spiro atoms. The lowest BCUT2D eigenvalue weighted by Gasteiger charge is -2.11. The van der Waals surface area contributed by atoms with Gasteiger partial charge in [-0.1, -0.05) is 11.6 Å². The van der Waals surface area contributed by atoms with E-state index in [1.807, 2.05) is 6.92 Å². The maximum absolute atomic E-state index is 11.2. The fraction of sp³-hybridized carbons (Fsp3) is 0.200. The van der Waals surface area contributed by atoms with Crippen LogP contribution in [0.5, 0.6) is 5.75 Å². The van der Waals surface area contributed by atoms with Gasteiger partial charge in [0.2, 0.25) is 10.0 Å². The monoisotopic (exact) mass is 417 g/mol. The number of benzene rings is 1. The number of halogens is 3. The van der Waals surface area contributed by atoms with Crippen LogP contribution in [-0.4, -0.2) is 15.0 Å². The van der Waals surface area contributed by atoms with Gasteiger partial charge in [0.1, 0.15) is 12.4 Å². The summed E-state index contributed by atoms with van der Waals surface area (Å²) in [5.41, 5.74) is 2.26. The van der Waals surface area contributed by atoms with Gasteiger partial charge < -0.3 is 4.74 Å². The molecule has 1 aromatic rings. The molecule has 2 N–H and O–H groups in total. The highest BCUT2D eigenvalue weighted by Crippen LogP contribution is 2.36. The molecule has 0 heterocycles. The van der Waals surface area contributed by atoms with Gasteiger partial charge in [0, 0.05) is 5.54 Å². The average molecular weight is 420 g/mol. The zero-order valence-corrected chi connectivity index (χ0v) is 14.0. The number of nitrogens with two attached hydrogens (primary N) is 1. The Hall–Kier alpha value is -0.0800. The molecule has 1 rings (SSSR count). The molecule has 0 saturated carbocycles. The maximum Gasteiger partial charge on any atom is 0.238 e. The third-order valence-corrected chi connectivity index (χ3v) is 4.37. The Morgan fingerprint density at radius 3 is 2.33 bits per heavy atom. The van der Waals surface area contributed by atoms with Gasteiger partial charge in [-0.2, -0.15) is 0 Å². The summed E-state index contributed by atoms with van der Waals surface area (Å²) in [5.74, 6) is 0.486. The first kappa shape index (κ1) is 16.0. The standard InChI is InChI=1S/C10H10Br2ClNO3S/c1-6(4-13)5-17-10-8(11)2-7(3-9(10)12)18(14,15)16/h2-4H,5H2,1H3,(H2,14,15,16). The number of hydrogen-bond acceptors (Lipinski definition) is 3. The van der Waals surface area contributed by atoms with Crippen LogP contribution in [0.1, 0.15) is 6.92 Å². The predicted molar refractivity (Wildman–Crippen MR) is 78.3 cm³/mol. The molecule has 0 radical (unpaired) electrons. The molecule has 0 saturated heterocycles. The summed E-state index contributed by atoms with van der Waals surface area (Å²) in [7, 11) is -3.75. The lowest BCUT2D eigenvalue weighted by atomic mass is 10.3. The van der Waals surface area contributed by atoms with E-state index in [0.29, 0.717) is 21.3 Å². The van der Waals surface area contributed by atoms with Crippen molar-refractivity contribution in [2.75, 3.05) is 6.61 Å². The van der Waals surface area contributed by atoms with Crippen molar-refractivity contribution in [2.24, 2.45) is 5.14 Å². The van der Waals surface area contributed by atoms with Crippen LogP contribution in [-0.2, 0) is 10.0 Å². The third kappa shape index (κ3) is 4.24. The molecule has 0 aliphatic rings. The van der Waals surface area contributed by atoms with Gasteiger partial charge in [0.25, 0.3) is 0 Å². The van der Waals surface area contributed by atoms with Crippen molar-refractivity contribution in [1.82, 2.24) is 0 Å². The topological polar surface area (TPSA) is 69.4 Å². The Bertz CT molecular complexity index is 564. The smallest absolute Gasteiger partial charge is 0.238 e. The Morgan fingerprint density at radius 1 is 1.44 bits per heavy atom. The van der Waals surface area contributed by atoms with E-state index in [4.69, 9.17) is 21.5 Å². The second-order valence-corrected chi connectivity index (χ2v) is 6.99. The number of ether oxygens (including phenoxy) is 1. The molecular weight excluding hydrogens is 409 g/mol. The Morgan fingerprint density at radius 2 is 1.94 bits per heavy atom. The van der Waals surface area contributed by atoms with Gasteiger partial charge in [-0.25, -0.2) is 13.6 Å². The Kier molecular flexibility index (Phi) is 5.67. The van der Waals surface area contributed by atoms with Gasteiger partial charge in [0.15, 0.2) is 0 Å². The van der Waals surface area contributed by atoms with Crippen molar-refractivity contribution < 1.29 is 13.2 Å². The SMILES string of the molecule is CC(=CCl)COc1c(Br)cc(S(N)(=O)=O)cc1Br. The number of rotatable bonds is 4. The lowest BCUT2D eigenvalue weighted by Crippen LogP contribution is -2.12. The fourth-order valence-corrected chi connectivity index (χ4v) is 3.40. The summed E-state index contributed by atoms with van der Waals surface area (Å²) in [4.78, 5) is -0.00166. The molecule has 0 fully saturated rings. The first-order valence-corrected chi connectivity index (χ1v) is 8.23. The molecule has 100 valence electrons. The van der Waals surface area contributed by atoms with Crippen molar-refractivity contribution in [3.05, 3.63) is 32.2 Å². The lowest BCUT2D eigenvalue weighted by molar-refractivity contribution is 0.347. The second kappa shape index (κ2) is 6.38. The predicted octanol–water partition coefficient (Wildman–Crippen LogP) is 3.38. The van der Waals surface area contributed by atoms with E-state index in [2.05, 4.69) is 31.9 Å². The van der Waals surface area contributed by atoms with E-state index in [1.54, 1.807) is 0 Å². The zero-order valence-electron chi connectivity index (χ0n) is 9.28. The van der Waals surface area contributed by atoms with E-state index >= 15 is 0 Å². The van der Waals surface area contributed by atoms with Gasteiger partial charge in [-0.15, -0.1) is 0 Å². The highest BCUT2D eigenvalue weighted by molar-refractivity contribution is 9.11. The van der Waals surface area contributed by atoms with Crippen LogP contribution in [0.4, 0.5) is 0 Å². The molecule has 0 aliphatic heterocycles. The fourth-order valence-electron chi connectivity index (χ4n) is 1.06.